The van der Waals surface area contributed by atoms with Gasteiger partial charge in [0.1, 0.15) is 0 Å². The van der Waals surface area contributed by atoms with Gasteiger partial charge in [-0.2, -0.15) is 5.10 Å². The lowest BCUT2D eigenvalue weighted by molar-refractivity contribution is 0.151. The summed E-state index contributed by atoms with van der Waals surface area (Å²) in [5.41, 5.74) is 2.79. The molecule has 0 radical (unpaired) electrons. The number of methoxy groups -OCH3 is 3. The Labute approximate surface area is 184 Å². The van der Waals surface area contributed by atoms with Crippen LogP contribution in [-0.2, 0) is 17.9 Å². The van der Waals surface area contributed by atoms with Gasteiger partial charge in [-0.15, -0.1) is 0 Å². The highest BCUT2D eigenvalue weighted by atomic mass is 16.5. The van der Waals surface area contributed by atoms with E-state index in [9.17, 15) is 10.2 Å². The molecule has 0 spiro atoms. The van der Waals surface area contributed by atoms with Crippen LogP contribution in [0.1, 0.15) is 12.6 Å². The van der Waals surface area contributed by atoms with Gasteiger partial charge in [-0.05, 0) is 25.1 Å². The van der Waals surface area contributed by atoms with Gasteiger partial charge >= 0.3 is 0 Å². The van der Waals surface area contributed by atoms with Crippen LogP contribution in [0.2, 0.25) is 0 Å². The van der Waals surface area contributed by atoms with Gasteiger partial charge in [0.15, 0.2) is 11.6 Å². The van der Waals surface area contributed by atoms with E-state index in [-0.39, 0.29) is 5.88 Å². The Kier molecular flexibility index (Phi) is 5.97. The van der Waals surface area contributed by atoms with Gasteiger partial charge in [-0.3, -0.25) is 9.25 Å². The molecule has 0 saturated carbocycles. The van der Waals surface area contributed by atoms with E-state index in [1.165, 1.54) is 7.11 Å². The van der Waals surface area contributed by atoms with Gasteiger partial charge in [-0.25, -0.2) is 9.97 Å². The van der Waals surface area contributed by atoms with E-state index in [0.29, 0.717) is 47.2 Å². The van der Waals surface area contributed by atoms with Crippen molar-refractivity contribution in [3.8, 4) is 34.6 Å². The molecule has 4 aromatic heterocycles. The minimum atomic E-state index is -0.574. The number of aliphatic hydroxyl groups excluding tert-OH is 1. The summed E-state index contributed by atoms with van der Waals surface area (Å²) in [6.45, 7) is 2.33. The van der Waals surface area contributed by atoms with Gasteiger partial charge in [0, 0.05) is 31.1 Å². The van der Waals surface area contributed by atoms with E-state index in [1.54, 1.807) is 61.0 Å². The van der Waals surface area contributed by atoms with Crippen LogP contribution in [0, 0.1) is 0 Å². The zero-order valence-electron chi connectivity index (χ0n) is 18.3. The molecule has 4 aromatic rings. The third kappa shape index (κ3) is 3.97. The van der Waals surface area contributed by atoms with Gasteiger partial charge in [-0.1, -0.05) is 0 Å². The summed E-state index contributed by atoms with van der Waals surface area (Å²) in [6.07, 6.45) is 2.80. The number of pyridine rings is 2. The van der Waals surface area contributed by atoms with E-state index >= 15 is 0 Å². The van der Waals surface area contributed by atoms with E-state index in [2.05, 4.69) is 15.1 Å². The first-order chi connectivity index (χ1) is 15.4. The molecule has 10 heteroatoms. The van der Waals surface area contributed by atoms with Gasteiger partial charge in [0.25, 0.3) is 5.88 Å². The van der Waals surface area contributed by atoms with Crippen LogP contribution in [0.5, 0.6) is 17.5 Å². The number of aromatic hydroxyl groups is 1. The molecule has 2 N–H and O–H groups in total. The zero-order chi connectivity index (χ0) is 22.8. The van der Waals surface area contributed by atoms with Crippen LogP contribution in [0.15, 0.2) is 36.7 Å². The Morgan fingerprint density at radius 1 is 1.12 bits per heavy atom. The first-order valence-corrected chi connectivity index (χ1v) is 9.98. The summed E-state index contributed by atoms with van der Waals surface area (Å²) in [6, 6.07) is 7.20. The van der Waals surface area contributed by atoms with E-state index in [1.807, 2.05) is 6.07 Å². The third-order valence-corrected chi connectivity index (χ3v) is 5.00. The Morgan fingerprint density at radius 2 is 1.94 bits per heavy atom. The Morgan fingerprint density at radius 3 is 2.62 bits per heavy atom. The van der Waals surface area contributed by atoms with E-state index in [0.717, 1.165) is 11.3 Å². The number of aliphatic hydroxyl groups is 1. The fraction of sp³-hybridized carbons (Fsp3) is 0.318. The van der Waals surface area contributed by atoms with Gasteiger partial charge < -0.3 is 24.4 Å². The Balaban J connectivity index is 1.75. The third-order valence-electron chi connectivity index (χ3n) is 5.00. The predicted octanol–water partition coefficient (Wildman–Crippen LogP) is 2.53. The second-order valence-corrected chi connectivity index (χ2v) is 7.35. The number of rotatable bonds is 8. The van der Waals surface area contributed by atoms with E-state index in [4.69, 9.17) is 14.2 Å². The Bertz CT molecular complexity index is 1250. The normalized spacial score (nSPS) is 12.3. The van der Waals surface area contributed by atoms with Crippen molar-refractivity contribution < 1.29 is 24.4 Å². The molecular weight excluding hydrogens is 414 g/mol. The highest BCUT2D eigenvalue weighted by molar-refractivity contribution is 5.87. The number of aromatic nitrogens is 5. The van der Waals surface area contributed by atoms with Crippen LogP contribution >= 0.6 is 0 Å². The molecule has 0 fully saturated rings. The van der Waals surface area contributed by atoms with Crippen molar-refractivity contribution in [3.05, 3.63) is 42.4 Å². The summed E-state index contributed by atoms with van der Waals surface area (Å²) in [4.78, 5) is 8.94. The molecule has 0 aromatic carbocycles. The standard InChI is InChI=1S/C22H25N5O5/c1-13(28)10-27-15(12-30-2)8-20(25-27)26-11-18-16(22(26)29)5-6-17(24-18)14-7-19(31-3)21(32-4)23-9-14/h5-9,11,13,28-29H,10,12H2,1-4H3. The first-order valence-electron chi connectivity index (χ1n) is 9.98. The maximum absolute atomic E-state index is 10.8. The largest absolute Gasteiger partial charge is 0.494 e. The second kappa shape index (κ2) is 8.85. The monoisotopic (exact) mass is 439 g/mol. The molecule has 4 heterocycles. The minimum Gasteiger partial charge on any atom is -0.494 e. The fourth-order valence-corrected chi connectivity index (χ4v) is 3.51. The van der Waals surface area contributed by atoms with Crippen molar-refractivity contribution >= 4 is 10.9 Å². The highest BCUT2D eigenvalue weighted by Gasteiger charge is 2.17. The summed E-state index contributed by atoms with van der Waals surface area (Å²) < 4.78 is 19.0. The SMILES string of the molecule is COCc1cc(-n2cc3nc(-c4cnc(OC)c(OC)c4)ccc3c2O)nn1CC(C)O. The van der Waals surface area contributed by atoms with Crippen LogP contribution in [0.3, 0.4) is 0 Å². The van der Waals surface area contributed by atoms with Crippen LogP contribution in [0.25, 0.3) is 28.0 Å². The molecule has 4 rings (SSSR count). The summed E-state index contributed by atoms with van der Waals surface area (Å²) >= 11 is 0. The van der Waals surface area contributed by atoms with Crippen molar-refractivity contribution in [1.82, 2.24) is 24.3 Å². The molecule has 0 bridgehead atoms. The molecule has 0 aliphatic heterocycles. The predicted molar refractivity (Wildman–Crippen MR) is 117 cm³/mol. The Hall–Kier alpha value is -3.63. The van der Waals surface area contributed by atoms with Gasteiger partial charge in [0.2, 0.25) is 5.88 Å². The second-order valence-electron chi connectivity index (χ2n) is 7.35. The minimum absolute atomic E-state index is 0.0233. The maximum atomic E-state index is 10.8. The molecule has 0 amide bonds. The number of fused-ring (bicyclic) bond motifs is 1. The van der Waals surface area contributed by atoms with Crippen molar-refractivity contribution in [2.45, 2.75) is 26.2 Å². The molecular formula is C22H25N5O5. The van der Waals surface area contributed by atoms with Crippen molar-refractivity contribution in [1.29, 1.82) is 0 Å². The summed E-state index contributed by atoms with van der Waals surface area (Å²) in [7, 11) is 4.67. The lowest BCUT2D eigenvalue weighted by Crippen LogP contribution is -2.15. The highest BCUT2D eigenvalue weighted by Crippen LogP contribution is 2.33. The quantitative estimate of drug-likeness (QED) is 0.430. The van der Waals surface area contributed by atoms with E-state index < -0.39 is 6.10 Å². The zero-order valence-corrected chi connectivity index (χ0v) is 18.3. The number of hydrogen-bond acceptors (Lipinski definition) is 8. The molecule has 0 saturated heterocycles. The first kappa shape index (κ1) is 21.6. The van der Waals surface area contributed by atoms with Crippen molar-refractivity contribution in [2.75, 3.05) is 21.3 Å². The summed E-state index contributed by atoms with van der Waals surface area (Å²) in [5, 5.41) is 25.7. The van der Waals surface area contributed by atoms with Gasteiger partial charge in [0.05, 0.1) is 55.8 Å². The molecule has 1 unspecified atom stereocenters. The molecule has 0 aliphatic carbocycles. The molecule has 0 aliphatic rings. The molecule has 168 valence electrons. The fourth-order valence-electron chi connectivity index (χ4n) is 3.51. The lowest BCUT2D eigenvalue weighted by atomic mass is 10.1. The summed E-state index contributed by atoms with van der Waals surface area (Å²) in [5.74, 6) is 1.42. The van der Waals surface area contributed by atoms with Crippen LogP contribution in [-0.4, -0.2) is 62.0 Å². The molecule has 1 atom stereocenters. The lowest BCUT2D eigenvalue weighted by Gasteiger charge is -2.08. The molecule has 10 nitrogen and oxygen atoms in total. The number of ether oxygens (including phenoxy) is 3. The smallest absolute Gasteiger partial charge is 0.256 e. The van der Waals surface area contributed by atoms with Crippen LogP contribution < -0.4 is 9.47 Å². The average molecular weight is 439 g/mol. The maximum Gasteiger partial charge on any atom is 0.256 e. The number of hydrogen-bond donors (Lipinski definition) is 2. The molecule has 32 heavy (non-hydrogen) atoms. The average Bonchev–Trinajstić information content (AvgIpc) is 3.33. The van der Waals surface area contributed by atoms with Crippen molar-refractivity contribution in [3.63, 3.8) is 0 Å². The van der Waals surface area contributed by atoms with Crippen molar-refractivity contribution in [2.24, 2.45) is 0 Å². The topological polar surface area (TPSA) is 117 Å². The van der Waals surface area contributed by atoms with Crippen LogP contribution in [0.4, 0.5) is 0 Å². The number of nitrogens with zero attached hydrogens (tertiary/aromatic N) is 5.